The number of amides is 3. The van der Waals surface area contributed by atoms with Crippen molar-refractivity contribution in [3.05, 3.63) is 88.0 Å². The highest BCUT2D eigenvalue weighted by Gasteiger charge is 2.76. The summed E-state index contributed by atoms with van der Waals surface area (Å²) in [6.45, 7) is 7.52. The van der Waals surface area contributed by atoms with E-state index in [1.54, 1.807) is 67.6 Å². The topological polar surface area (TPSA) is 124 Å². The molecule has 0 saturated heterocycles. The third-order valence-corrected chi connectivity index (χ3v) is 11.9. The SMILES string of the molecule is CC1=C[C@]23C(=O)[C@@H](C=C(CN4C(=O)c5ccccc5C4=O)[C@@H](O)[C@]2(O)[C@H]1OC(=O)N(C)c1ccc(Cl)cc1)[C@H]1[C@@H](C[C@H]3C)C1(C)C. The van der Waals surface area contributed by atoms with Crippen molar-refractivity contribution in [1.29, 1.82) is 0 Å². The number of fused-ring (bicyclic) bond motifs is 4. The first kappa shape index (κ1) is 30.8. The minimum absolute atomic E-state index is 0.0557. The van der Waals surface area contributed by atoms with Crippen LogP contribution >= 0.6 is 11.6 Å². The summed E-state index contributed by atoms with van der Waals surface area (Å²) in [4.78, 5) is 57.7. The Labute approximate surface area is 272 Å². The molecule has 1 heterocycles. The number of hydrogen-bond acceptors (Lipinski definition) is 7. The van der Waals surface area contributed by atoms with Gasteiger partial charge in [0.15, 0.2) is 17.5 Å². The second-order valence-electron chi connectivity index (χ2n) is 14.2. The predicted octanol–water partition coefficient (Wildman–Crippen LogP) is 5.05. The zero-order valence-corrected chi connectivity index (χ0v) is 27.1. The first-order chi connectivity index (χ1) is 21.7. The fourth-order valence-electron chi connectivity index (χ4n) is 9.11. The van der Waals surface area contributed by atoms with Crippen LogP contribution in [0.5, 0.6) is 0 Å². The van der Waals surface area contributed by atoms with Crippen LogP contribution < -0.4 is 4.90 Å². The number of carbonyl (C=O) groups excluding carboxylic acids is 4. The van der Waals surface area contributed by atoms with Crippen LogP contribution in [0.4, 0.5) is 10.5 Å². The van der Waals surface area contributed by atoms with Crippen LogP contribution in [-0.2, 0) is 9.53 Å². The maximum absolute atomic E-state index is 14.9. The molecule has 0 aromatic heterocycles. The van der Waals surface area contributed by atoms with Gasteiger partial charge in [-0.15, -0.1) is 0 Å². The number of benzene rings is 2. The number of aliphatic hydroxyl groups excluding tert-OH is 1. The molecule has 2 N–H and O–H groups in total. The lowest BCUT2D eigenvalue weighted by Crippen LogP contribution is -2.66. The second-order valence-corrected chi connectivity index (χ2v) is 14.7. The number of ether oxygens (including phenoxy) is 1. The smallest absolute Gasteiger partial charge is 0.414 e. The summed E-state index contributed by atoms with van der Waals surface area (Å²) >= 11 is 6.03. The highest BCUT2D eigenvalue weighted by molar-refractivity contribution is 6.30. The van der Waals surface area contributed by atoms with Crippen LogP contribution in [0.3, 0.4) is 0 Å². The monoisotopic (exact) mass is 644 g/mol. The molecule has 0 radical (unpaired) electrons. The van der Waals surface area contributed by atoms with Gasteiger partial charge in [0.1, 0.15) is 6.10 Å². The summed E-state index contributed by atoms with van der Waals surface area (Å²) in [5, 5.41) is 25.8. The van der Waals surface area contributed by atoms with Gasteiger partial charge in [0.25, 0.3) is 11.8 Å². The third-order valence-electron chi connectivity index (χ3n) is 11.6. The quantitative estimate of drug-likeness (QED) is 0.352. The van der Waals surface area contributed by atoms with Gasteiger partial charge in [-0.05, 0) is 84.1 Å². The summed E-state index contributed by atoms with van der Waals surface area (Å²) in [6.07, 6.45) is 0.0588. The van der Waals surface area contributed by atoms with E-state index in [4.69, 9.17) is 16.3 Å². The lowest BCUT2D eigenvalue weighted by atomic mass is 9.59. The van der Waals surface area contributed by atoms with Crippen molar-refractivity contribution in [3.63, 3.8) is 0 Å². The van der Waals surface area contributed by atoms with Crippen LogP contribution in [0.15, 0.2) is 71.8 Å². The molecule has 2 fully saturated rings. The molecule has 46 heavy (non-hydrogen) atoms. The summed E-state index contributed by atoms with van der Waals surface area (Å²) in [6, 6.07) is 13.1. The lowest BCUT2D eigenvalue weighted by molar-refractivity contribution is -0.189. The van der Waals surface area contributed by atoms with Crippen LogP contribution in [0.25, 0.3) is 0 Å². The molecule has 1 aliphatic heterocycles. The van der Waals surface area contributed by atoms with E-state index in [9.17, 15) is 29.4 Å². The number of Topliss-reactive ketones (excluding diaryl/α,β-unsaturated/α-hetero) is 1. The van der Waals surface area contributed by atoms with E-state index in [1.807, 2.05) is 6.92 Å². The Kier molecular flexibility index (Phi) is 6.77. The van der Waals surface area contributed by atoms with Crippen molar-refractivity contribution in [2.45, 2.75) is 51.9 Å². The minimum Gasteiger partial charge on any atom is -0.438 e. The van der Waals surface area contributed by atoms with Gasteiger partial charge < -0.3 is 14.9 Å². The summed E-state index contributed by atoms with van der Waals surface area (Å²) in [5.41, 5.74) is -2.46. The Bertz CT molecular complexity index is 1730. The minimum atomic E-state index is -2.32. The molecule has 2 saturated carbocycles. The van der Waals surface area contributed by atoms with Gasteiger partial charge in [-0.25, -0.2) is 4.79 Å². The first-order valence-electron chi connectivity index (χ1n) is 15.7. The van der Waals surface area contributed by atoms with Crippen LogP contribution in [0, 0.1) is 34.5 Å². The number of halogens is 1. The number of allylic oxidation sites excluding steroid dienone is 1. The van der Waals surface area contributed by atoms with E-state index < -0.39 is 53.0 Å². The average Bonchev–Trinajstić information content (AvgIpc) is 3.41. The standard InChI is InChI=1S/C36H37ClN2O7/c1-18-16-35-19(2)14-26-27(34(26,3)4)25(29(35)41)15-20(17-39-31(42)23-8-6-7-9-24(23)32(39)43)28(40)36(35,45)30(18)46-33(44)38(5)22-12-10-21(37)11-13-22/h6-13,15-16,19,25-28,30,40,45H,14,17H2,1-5H3/t19-,25+,26-,27+,28-,30+,35+,36+/m1/s1. The molecule has 5 aliphatic rings. The molecule has 7 rings (SSSR count). The Hall–Kier alpha value is -3.79. The number of carbonyl (C=O) groups is 4. The molecule has 240 valence electrons. The van der Waals surface area contributed by atoms with E-state index in [0.717, 1.165) is 4.90 Å². The summed E-state index contributed by atoms with van der Waals surface area (Å²) in [5.74, 6) is -2.26. The van der Waals surface area contributed by atoms with Gasteiger partial charge in [0.05, 0.1) is 23.1 Å². The number of aliphatic hydroxyl groups is 2. The van der Waals surface area contributed by atoms with Crippen LogP contribution in [0.2, 0.25) is 5.02 Å². The molecule has 9 nitrogen and oxygen atoms in total. The van der Waals surface area contributed by atoms with Crippen molar-refractivity contribution in [3.8, 4) is 0 Å². The largest absolute Gasteiger partial charge is 0.438 e. The van der Waals surface area contributed by atoms with Crippen molar-refractivity contribution in [2.75, 3.05) is 18.5 Å². The zero-order valence-electron chi connectivity index (χ0n) is 26.4. The van der Waals surface area contributed by atoms with E-state index in [2.05, 4.69) is 13.8 Å². The number of ketones is 1. The summed E-state index contributed by atoms with van der Waals surface area (Å²) < 4.78 is 6.03. The zero-order chi connectivity index (χ0) is 33.1. The highest BCUT2D eigenvalue weighted by atomic mass is 35.5. The number of nitrogens with zero attached hydrogens (tertiary/aromatic N) is 2. The fourth-order valence-corrected chi connectivity index (χ4v) is 9.23. The molecule has 4 aliphatic carbocycles. The Morgan fingerprint density at radius 3 is 2.28 bits per heavy atom. The molecule has 10 heteroatoms. The molecule has 2 aromatic rings. The normalized spacial score (nSPS) is 35.3. The van der Waals surface area contributed by atoms with E-state index in [-0.39, 0.29) is 46.3 Å². The molecule has 2 aromatic carbocycles. The number of hydrogen-bond donors (Lipinski definition) is 2. The average molecular weight is 645 g/mol. The van der Waals surface area contributed by atoms with Crippen molar-refractivity contribution < 1.29 is 34.1 Å². The van der Waals surface area contributed by atoms with Gasteiger partial charge in [0, 0.05) is 23.7 Å². The van der Waals surface area contributed by atoms with Gasteiger partial charge in [0.2, 0.25) is 0 Å². The molecule has 0 unspecified atom stereocenters. The maximum atomic E-state index is 14.9. The van der Waals surface area contributed by atoms with Gasteiger partial charge in [-0.3, -0.25) is 24.2 Å². The molecule has 1 spiro atoms. The van der Waals surface area contributed by atoms with E-state index in [1.165, 1.54) is 11.9 Å². The maximum Gasteiger partial charge on any atom is 0.414 e. The predicted molar refractivity (Wildman–Crippen MR) is 170 cm³/mol. The first-order valence-corrected chi connectivity index (χ1v) is 16.0. The Balaban J connectivity index is 1.32. The summed E-state index contributed by atoms with van der Waals surface area (Å²) in [7, 11) is 1.52. The van der Waals surface area contributed by atoms with E-state index >= 15 is 0 Å². The fraction of sp³-hybridized carbons (Fsp3) is 0.444. The Morgan fingerprint density at radius 2 is 1.67 bits per heavy atom. The molecular weight excluding hydrogens is 608 g/mol. The van der Waals surface area contributed by atoms with Crippen LogP contribution in [0.1, 0.15) is 54.8 Å². The van der Waals surface area contributed by atoms with E-state index in [0.29, 0.717) is 22.7 Å². The highest BCUT2D eigenvalue weighted by Crippen LogP contribution is 2.71. The number of imide groups is 1. The Morgan fingerprint density at radius 1 is 1.07 bits per heavy atom. The van der Waals surface area contributed by atoms with Gasteiger partial charge in [-0.1, -0.05) is 56.7 Å². The van der Waals surface area contributed by atoms with Crippen molar-refractivity contribution >= 4 is 41.0 Å². The molecule has 2 bridgehead atoms. The molecule has 8 atom stereocenters. The van der Waals surface area contributed by atoms with Gasteiger partial charge >= 0.3 is 6.09 Å². The third kappa shape index (κ3) is 3.94. The molecular formula is C36H37ClN2O7. The molecule has 3 amide bonds. The number of rotatable bonds is 4. The van der Waals surface area contributed by atoms with Gasteiger partial charge in [-0.2, -0.15) is 0 Å². The van der Waals surface area contributed by atoms with Crippen molar-refractivity contribution in [1.82, 2.24) is 4.90 Å². The number of anilines is 1. The lowest BCUT2D eigenvalue weighted by Gasteiger charge is -2.49. The van der Waals surface area contributed by atoms with Crippen molar-refractivity contribution in [2.24, 2.45) is 34.5 Å². The second kappa shape index (κ2) is 10.1. The van der Waals surface area contributed by atoms with Crippen LogP contribution in [-0.4, -0.2) is 70.2 Å².